The van der Waals surface area contributed by atoms with Gasteiger partial charge in [0.1, 0.15) is 18.0 Å². The van der Waals surface area contributed by atoms with E-state index in [1.807, 2.05) is 4.90 Å². The Morgan fingerprint density at radius 2 is 1.71 bits per heavy atom. The molecule has 12 heteroatoms. The number of aliphatic hydroxyl groups is 2. The molecule has 41 heavy (non-hydrogen) atoms. The lowest BCUT2D eigenvalue weighted by Crippen LogP contribution is -2.56. The fourth-order valence-corrected chi connectivity index (χ4v) is 7.04. The number of morpholine rings is 1. The number of likely N-dealkylation sites (tertiary alicyclic amines) is 1. The summed E-state index contributed by atoms with van der Waals surface area (Å²) in [7, 11) is 0. The van der Waals surface area contributed by atoms with Crippen LogP contribution < -0.4 is 5.32 Å². The molecule has 226 valence electrons. The standard InChI is InChI=1S/C29H41FN4O7/c30-19-3-1-18(2-4-19)13-34-14-20-11-23(34)29(38)32-7-10-40-22(15-32)16-33(21-5-8-39-9-6-21)17-25-28(37)27(36)24(41-25)12-26(35)31-20/h1-4,20-25,27-28,36-37H,5-17H2,(H,31,35)/t20-,22-,23-,24-,25+,27-,28+/m0/s1. The quantitative estimate of drug-likeness (QED) is 0.437. The largest absolute Gasteiger partial charge is 0.388 e. The number of aliphatic hydroxyl groups excluding tert-OH is 2. The molecule has 5 fully saturated rings. The second-order valence-electron chi connectivity index (χ2n) is 12.0. The predicted octanol–water partition coefficient (Wildman–Crippen LogP) is -0.514. The van der Waals surface area contributed by atoms with Crippen molar-refractivity contribution in [3.63, 3.8) is 0 Å². The first kappa shape index (κ1) is 28.9. The molecular formula is C29H41FN4O7. The molecule has 1 aromatic carbocycles. The Labute approximate surface area is 239 Å². The summed E-state index contributed by atoms with van der Waals surface area (Å²) in [6.07, 6.45) is -1.96. The third-order valence-corrected chi connectivity index (χ3v) is 9.21. The highest BCUT2D eigenvalue weighted by Crippen LogP contribution is 2.29. The zero-order valence-electron chi connectivity index (χ0n) is 23.3. The molecule has 5 aliphatic heterocycles. The van der Waals surface area contributed by atoms with Crippen LogP contribution in [0.1, 0.15) is 31.2 Å². The first-order valence-electron chi connectivity index (χ1n) is 14.9. The smallest absolute Gasteiger partial charge is 0.240 e. The normalized spacial score (nSPS) is 36.5. The zero-order chi connectivity index (χ0) is 28.5. The maximum Gasteiger partial charge on any atom is 0.240 e. The van der Waals surface area contributed by atoms with Crippen molar-refractivity contribution in [3.8, 4) is 0 Å². The summed E-state index contributed by atoms with van der Waals surface area (Å²) in [4.78, 5) is 33.2. The fourth-order valence-electron chi connectivity index (χ4n) is 7.04. The second-order valence-corrected chi connectivity index (χ2v) is 12.0. The van der Waals surface area contributed by atoms with E-state index in [1.165, 1.54) is 12.1 Å². The maximum absolute atomic E-state index is 14.0. The minimum atomic E-state index is -1.17. The Balaban J connectivity index is 1.26. The molecule has 6 bridgehead atoms. The van der Waals surface area contributed by atoms with Crippen LogP contribution in [0.3, 0.4) is 0 Å². The van der Waals surface area contributed by atoms with Gasteiger partial charge in [-0.25, -0.2) is 4.39 Å². The van der Waals surface area contributed by atoms with Gasteiger partial charge in [0.05, 0.1) is 37.4 Å². The van der Waals surface area contributed by atoms with E-state index in [1.54, 1.807) is 12.1 Å². The average molecular weight is 577 g/mol. The molecule has 5 saturated heterocycles. The number of nitrogens with one attached hydrogen (secondary N) is 1. The molecule has 2 amide bonds. The third-order valence-electron chi connectivity index (χ3n) is 9.21. The van der Waals surface area contributed by atoms with Gasteiger partial charge in [-0.3, -0.25) is 19.4 Å². The van der Waals surface area contributed by atoms with Gasteiger partial charge in [-0.2, -0.15) is 0 Å². The van der Waals surface area contributed by atoms with E-state index in [2.05, 4.69) is 15.1 Å². The highest BCUT2D eigenvalue weighted by molar-refractivity contribution is 5.83. The number of carbonyl (C=O) groups is 2. The predicted molar refractivity (Wildman–Crippen MR) is 144 cm³/mol. The molecule has 0 radical (unpaired) electrons. The van der Waals surface area contributed by atoms with Crippen molar-refractivity contribution in [2.75, 3.05) is 52.5 Å². The summed E-state index contributed by atoms with van der Waals surface area (Å²) < 4.78 is 31.4. The molecule has 5 aliphatic rings. The van der Waals surface area contributed by atoms with Crippen LogP contribution >= 0.6 is 0 Å². The van der Waals surface area contributed by atoms with Gasteiger partial charge in [0.15, 0.2) is 0 Å². The maximum atomic E-state index is 14.0. The lowest BCUT2D eigenvalue weighted by atomic mass is 10.0. The lowest BCUT2D eigenvalue weighted by molar-refractivity contribution is -0.145. The van der Waals surface area contributed by atoms with Crippen LogP contribution in [0.15, 0.2) is 24.3 Å². The van der Waals surface area contributed by atoms with Crippen molar-refractivity contribution >= 4 is 11.8 Å². The first-order chi connectivity index (χ1) is 19.8. The van der Waals surface area contributed by atoms with E-state index in [-0.39, 0.29) is 42.2 Å². The van der Waals surface area contributed by atoms with Crippen molar-refractivity contribution < 1.29 is 38.4 Å². The summed E-state index contributed by atoms with van der Waals surface area (Å²) in [6.45, 7) is 4.48. The van der Waals surface area contributed by atoms with Gasteiger partial charge in [-0.15, -0.1) is 0 Å². The van der Waals surface area contributed by atoms with E-state index in [9.17, 15) is 24.2 Å². The van der Waals surface area contributed by atoms with E-state index < -0.39 is 30.5 Å². The molecule has 0 unspecified atom stereocenters. The number of halogens is 1. The van der Waals surface area contributed by atoms with Gasteiger partial charge in [0.2, 0.25) is 11.8 Å². The summed E-state index contributed by atoms with van der Waals surface area (Å²) in [6, 6.07) is 5.73. The highest BCUT2D eigenvalue weighted by Gasteiger charge is 2.46. The van der Waals surface area contributed by atoms with Crippen LogP contribution in [0.5, 0.6) is 0 Å². The SMILES string of the molecule is O=C1C[C@@H]2O[C@H](CN(C3CCOCC3)C[C@@H]3CN(CCO3)C(=O)[C@@H]3C[C@@H](CN3Cc3ccc(F)cc3)N1)[C@@H](O)[C@H]2O. The number of hydrogen-bond acceptors (Lipinski definition) is 9. The van der Waals surface area contributed by atoms with Gasteiger partial charge in [0, 0.05) is 64.6 Å². The summed E-state index contributed by atoms with van der Waals surface area (Å²) >= 11 is 0. The number of benzene rings is 1. The van der Waals surface area contributed by atoms with Gasteiger partial charge in [0.25, 0.3) is 0 Å². The third kappa shape index (κ3) is 6.58. The molecular weight excluding hydrogens is 535 g/mol. The molecule has 0 saturated carbocycles. The molecule has 0 spiro atoms. The molecule has 0 aliphatic carbocycles. The number of ether oxygens (including phenoxy) is 3. The van der Waals surface area contributed by atoms with Crippen molar-refractivity contribution in [1.29, 1.82) is 0 Å². The van der Waals surface area contributed by atoms with Crippen molar-refractivity contribution in [1.82, 2.24) is 20.0 Å². The number of fused-ring (bicyclic) bond motifs is 6. The minimum absolute atomic E-state index is 0.0103. The van der Waals surface area contributed by atoms with Crippen molar-refractivity contribution in [2.45, 2.75) is 80.9 Å². The molecule has 0 aromatic heterocycles. The Morgan fingerprint density at radius 1 is 0.951 bits per heavy atom. The van der Waals surface area contributed by atoms with Gasteiger partial charge in [-0.1, -0.05) is 12.1 Å². The second kappa shape index (κ2) is 12.6. The Bertz CT molecular complexity index is 1070. The number of amides is 2. The van der Waals surface area contributed by atoms with E-state index in [0.717, 1.165) is 18.4 Å². The van der Waals surface area contributed by atoms with Crippen LogP contribution in [0.4, 0.5) is 4.39 Å². The van der Waals surface area contributed by atoms with Crippen molar-refractivity contribution in [3.05, 3.63) is 35.6 Å². The lowest BCUT2D eigenvalue weighted by Gasteiger charge is -2.41. The molecule has 1 aromatic rings. The molecule has 3 N–H and O–H groups in total. The first-order valence-corrected chi connectivity index (χ1v) is 14.9. The Hall–Kier alpha value is -2.19. The van der Waals surface area contributed by atoms with Crippen LogP contribution in [-0.2, 0) is 30.3 Å². The average Bonchev–Trinajstić information content (AvgIpc) is 3.48. The molecule has 7 atom stereocenters. The van der Waals surface area contributed by atoms with Crippen LogP contribution in [0.2, 0.25) is 0 Å². The number of carbonyl (C=O) groups excluding carboxylic acids is 2. The van der Waals surface area contributed by atoms with Crippen LogP contribution in [0.25, 0.3) is 0 Å². The fraction of sp³-hybridized carbons (Fsp3) is 0.724. The van der Waals surface area contributed by atoms with E-state index in [0.29, 0.717) is 65.5 Å². The summed E-state index contributed by atoms with van der Waals surface area (Å²) in [5, 5.41) is 24.7. The Kier molecular flexibility index (Phi) is 8.87. The van der Waals surface area contributed by atoms with Gasteiger partial charge >= 0.3 is 0 Å². The minimum Gasteiger partial charge on any atom is -0.388 e. The number of nitrogens with zero attached hydrogens (tertiary/aromatic N) is 3. The molecule has 6 rings (SSSR count). The van der Waals surface area contributed by atoms with Gasteiger partial charge < -0.3 is 34.6 Å². The monoisotopic (exact) mass is 576 g/mol. The molecule has 11 nitrogen and oxygen atoms in total. The van der Waals surface area contributed by atoms with E-state index >= 15 is 0 Å². The number of rotatable bonds is 3. The van der Waals surface area contributed by atoms with Crippen molar-refractivity contribution in [2.24, 2.45) is 0 Å². The van der Waals surface area contributed by atoms with Gasteiger partial charge in [-0.05, 0) is 37.0 Å². The summed E-state index contributed by atoms with van der Waals surface area (Å²) in [5.74, 6) is -0.596. The highest BCUT2D eigenvalue weighted by atomic mass is 19.1. The zero-order valence-corrected chi connectivity index (χ0v) is 23.3. The van der Waals surface area contributed by atoms with Crippen LogP contribution in [-0.4, -0.2) is 138 Å². The Morgan fingerprint density at radius 3 is 2.49 bits per heavy atom. The summed E-state index contributed by atoms with van der Waals surface area (Å²) in [5.41, 5.74) is 0.886. The molecule has 5 heterocycles. The number of hydrogen-bond donors (Lipinski definition) is 3. The van der Waals surface area contributed by atoms with E-state index in [4.69, 9.17) is 14.2 Å². The van der Waals surface area contributed by atoms with Crippen LogP contribution in [0, 0.1) is 5.82 Å². The topological polar surface area (TPSA) is 124 Å².